The van der Waals surface area contributed by atoms with E-state index in [1.165, 1.54) is 11.1 Å². The maximum Gasteiger partial charge on any atom is 0.313 e. The molecule has 0 unspecified atom stereocenters. The Kier molecular flexibility index (Phi) is 9.68. The summed E-state index contributed by atoms with van der Waals surface area (Å²) in [6.07, 6.45) is 8.32. The molecular formula is C30H40ClNO3. The normalized spacial score (nSPS) is 15.2. The number of fused-ring (bicyclic) bond motifs is 2. The molecule has 1 heterocycles. The van der Waals surface area contributed by atoms with Gasteiger partial charge in [-0.2, -0.15) is 0 Å². The lowest BCUT2D eigenvalue weighted by atomic mass is 9.99. The third-order valence-electron chi connectivity index (χ3n) is 6.35. The largest absolute Gasteiger partial charge is 0.487 e. The minimum absolute atomic E-state index is 0.210. The summed E-state index contributed by atoms with van der Waals surface area (Å²) >= 11 is 6.28. The second kappa shape index (κ2) is 12.5. The average Bonchev–Trinajstić information content (AvgIpc) is 2.83. The van der Waals surface area contributed by atoms with Crippen LogP contribution in [0, 0.1) is 0 Å². The Bertz CT molecular complexity index is 1010. The topological polar surface area (TPSA) is 38.8 Å². The highest BCUT2D eigenvalue weighted by Gasteiger charge is 2.25. The van der Waals surface area contributed by atoms with Crippen molar-refractivity contribution in [3.05, 3.63) is 70.8 Å². The number of halogens is 1. The summed E-state index contributed by atoms with van der Waals surface area (Å²) in [5.74, 6) is 0.276. The van der Waals surface area contributed by atoms with E-state index < -0.39 is 5.60 Å². The predicted octanol–water partition coefficient (Wildman–Crippen LogP) is 7.86. The van der Waals surface area contributed by atoms with E-state index in [1.54, 1.807) is 0 Å². The van der Waals surface area contributed by atoms with Crippen LogP contribution in [0.2, 0.25) is 5.02 Å². The first-order chi connectivity index (χ1) is 16.7. The first kappa shape index (κ1) is 27.1. The Balaban J connectivity index is 1.93. The fourth-order valence-electron chi connectivity index (χ4n) is 4.38. The number of nitrogens with zero attached hydrogens (tertiary/aromatic N) is 1. The minimum atomic E-state index is -0.514. The minimum Gasteiger partial charge on any atom is -0.487 e. The lowest BCUT2D eigenvalue weighted by Gasteiger charge is -2.28. The highest BCUT2D eigenvalue weighted by atomic mass is 35.5. The van der Waals surface area contributed by atoms with Crippen molar-refractivity contribution >= 4 is 23.3 Å². The Hall–Kier alpha value is -2.46. The maximum atomic E-state index is 12.8. The number of anilines is 1. The molecule has 1 aliphatic rings. The summed E-state index contributed by atoms with van der Waals surface area (Å²) in [7, 11) is 0. The molecule has 4 nitrogen and oxygen atoms in total. The van der Waals surface area contributed by atoms with Crippen molar-refractivity contribution in [2.24, 2.45) is 0 Å². The second-order valence-corrected chi connectivity index (χ2v) is 10.8. The summed E-state index contributed by atoms with van der Waals surface area (Å²) in [6.45, 7) is 13.8. The van der Waals surface area contributed by atoms with Crippen LogP contribution in [0.1, 0.15) is 82.4 Å². The Labute approximate surface area is 216 Å². The summed E-state index contributed by atoms with van der Waals surface area (Å²) in [4.78, 5) is 15.2. The van der Waals surface area contributed by atoms with Crippen molar-refractivity contribution in [1.29, 1.82) is 0 Å². The monoisotopic (exact) mass is 497 g/mol. The second-order valence-electron chi connectivity index (χ2n) is 10.4. The van der Waals surface area contributed by atoms with Crippen molar-refractivity contribution < 1.29 is 14.3 Å². The van der Waals surface area contributed by atoms with Gasteiger partial charge in [-0.15, -0.1) is 6.58 Å². The molecule has 0 fully saturated rings. The summed E-state index contributed by atoms with van der Waals surface area (Å²) in [5, 5.41) is 0.767. The predicted molar refractivity (Wildman–Crippen MR) is 146 cm³/mol. The molecule has 0 amide bonds. The van der Waals surface area contributed by atoms with E-state index in [9.17, 15) is 4.79 Å². The zero-order valence-electron chi connectivity index (χ0n) is 21.7. The molecular weight excluding hydrogens is 458 g/mol. The average molecular weight is 498 g/mol. The molecule has 2 aromatic rings. The number of hydrogen-bond acceptors (Lipinski definition) is 4. The van der Waals surface area contributed by atoms with E-state index in [1.807, 2.05) is 52.0 Å². The fourth-order valence-corrected chi connectivity index (χ4v) is 4.58. The zero-order valence-corrected chi connectivity index (χ0v) is 22.5. The molecule has 0 N–H and O–H groups in total. The van der Waals surface area contributed by atoms with Gasteiger partial charge >= 0.3 is 5.97 Å². The van der Waals surface area contributed by atoms with Gasteiger partial charge in [0.2, 0.25) is 0 Å². The van der Waals surface area contributed by atoms with Gasteiger partial charge in [-0.3, -0.25) is 4.79 Å². The van der Waals surface area contributed by atoms with Gasteiger partial charge in [-0.1, -0.05) is 29.8 Å². The number of allylic oxidation sites excluding steroid dienone is 1. The third kappa shape index (κ3) is 8.03. The molecule has 0 bridgehead atoms. The first-order valence-electron chi connectivity index (χ1n) is 12.8. The number of carbonyl (C=O) groups is 1. The summed E-state index contributed by atoms with van der Waals surface area (Å²) in [6, 6.07) is 12.2. The number of ether oxygens (including phenoxy) is 2. The summed E-state index contributed by atoms with van der Waals surface area (Å²) < 4.78 is 12.1. The van der Waals surface area contributed by atoms with Crippen molar-refractivity contribution in [3.63, 3.8) is 0 Å². The number of benzene rings is 2. The first-order valence-corrected chi connectivity index (χ1v) is 13.2. The van der Waals surface area contributed by atoms with Gasteiger partial charge in [0, 0.05) is 18.1 Å². The molecule has 0 radical (unpaired) electrons. The van der Waals surface area contributed by atoms with Crippen LogP contribution in [-0.2, 0) is 22.6 Å². The van der Waals surface area contributed by atoms with E-state index in [2.05, 4.69) is 29.7 Å². The Morgan fingerprint density at radius 1 is 1.17 bits per heavy atom. The van der Waals surface area contributed by atoms with Crippen LogP contribution >= 0.6 is 11.6 Å². The van der Waals surface area contributed by atoms with Crippen LogP contribution in [0.25, 0.3) is 0 Å². The molecule has 0 spiro atoms. The lowest BCUT2D eigenvalue weighted by molar-refractivity contribution is -0.156. The number of rotatable bonds is 7. The number of aryl methyl sites for hydroxylation is 1. The van der Waals surface area contributed by atoms with E-state index in [0.29, 0.717) is 6.61 Å². The molecule has 0 aliphatic carbocycles. The zero-order chi connectivity index (χ0) is 25.4. The number of hydrogen-bond donors (Lipinski definition) is 0. The van der Waals surface area contributed by atoms with Crippen molar-refractivity contribution in [2.45, 2.75) is 84.3 Å². The molecule has 1 atom stereocenters. The molecule has 1 aliphatic heterocycles. The highest BCUT2D eigenvalue weighted by Crippen LogP contribution is 2.35. The van der Waals surface area contributed by atoms with Crippen LogP contribution in [-0.4, -0.2) is 24.7 Å². The van der Waals surface area contributed by atoms with Gasteiger partial charge in [-0.05, 0) is 107 Å². The molecule has 0 saturated carbocycles. The van der Waals surface area contributed by atoms with Crippen LogP contribution in [0.3, 0.4) is 0 Å². The molecule has 0 aromatic heterocycles. The number of unbranched alkanes of at least 4 members (excludes halogenated alkanes) is 2. The quantitative estimate of drug-likeness (QED) is 0.221. The van der Waals surface area contributed by atoms with Gasteiger partial charge in [0.05, 0.1) is 11.6 Å². The third-order valence-corrected chi connectivity index (χ3v) is 6.58. The summed E-state index contributed by atoms with van der Waals surface area (Å²) in [5.41, 5.74) is 3.91. The van der Waals surface area contributed by atoms with Gasteiger partial charge in [0.25, 0.3) is 0 Å². The number of esters is 1. The van der Waals surface area contributed by atoms with E-state index >= 15 is 0 Å². The molecule has 35 heavy (non-hydrogen) atoms. The van der Waals surface area contributed by atoms with Gasteiger partial charge in [-0.25, -0.2) is 0 Å². The Morgan fingerprint density at radius 3 is 2.71 bits per heavy atom. The molecule has 5 heteroatoms. The van der Waals surface area contributed by atoms with Gasteiger partial charge < -0.3 is 14.4 Å². The van der Waals surface area contributed by atoms with E-state index in [4.69, 9.17) is 21.1 Å². The van der Waals surface area contributed by atoms with Crippen LogP contribution in [0.4, 0.5) is 5.69 Å². The van der Waals surface area contributed by atoms with Crippen LogP contribution in [0.5, 0.6) is 5.75 Å². The smallest absolute Gasteiger partial charge is 0.313 e. The van der Waals surface area contributed by atoms with E-state index in [-0.39, 0.29) is 11.9 Å². The van der Waals surface area contributed by atoms with Crippen molar-refractivity contribution in [3.8, 4) is 5.75 Å². The fraction of sp³-hybridized carbons (Fsp3) is 0.500. The highest BCUT2D eigenvalue weighted by molar-refractivity contribution is 6.30. The van der Waals surface area contributed by atoms with Crippen molar-refractivity contribution in [1.82, 2.24) is 0 Å². The van der Waals surface area contributed by atoms with Gasteiger partial charge in [0.15, 0.2) is 0 Å². The Morgan fingerprint density at radius 2 is 1.97 bits per heavy atom. The SMILES string of the molecule is C=CCCCCN1CCCCc2cc(Cl)ccc2COc2ccc([C@@H](C)C(=O)OC(C)(C)C)cc21. The number of carbonyl (C=O) groups excluding carboxylic acids is 1. The van der Waals surface area contributed by atoms with Crippen LogP contribution < -0.4 is 9.64 Å². The van der Waals surface area contributed by atoms with E-state index in [0.717, 1.165) is 73.6 Å². The molecule has 3 rings (SSSR count). The van der Waals surface area contributed by atoms with Crippen molar-refractivity contribution in [2.75, 3.05) is 18.0 Å². The van der Waals surface area contributed by atoms with Gasteiger partial charge in [0.1, 0.15) is 18.0 Å². The lowest BCUT2D eigenvalue weighted by Crippen LogP contribution is -2.28. The molecule has 0 saturated heterocycles. The molecule has 2 aromatic carbocycles. The van der Waals surface area contributed by atoms with Crippen LogP contribution in [0.15, 0.2) is 49.1 Å². The standard InChI is InChI=1S/C30H40ClNO3/c1-6-7-8-10-17-32-18-11-9-12-24-19-26(31)15-13-25(24)21-34-28-16-14-23(20-27(28)32)22(2)29(33)35-30(3,4)5/h6,13-16,19-20,22H,1,7-12,17-18,21H2,2-5H3/t22-/m1/s1. The molecule has 190 valence electrons. The maximum absolute atomic E-state index is 12.8.